The molecule has 0 radical (unpaired) electrons. The summed E-state index contributed by atoms with van der Waals surface area (Å²) in [6.07, 6.45) is 1.57. The zero-order chi connectivity index (χ0) is 26.4. The van der Waals surface area contributed by atoms with Gasteiger partial charge in [0.25, 0.3) is 16.1 Å². The van der Waals surface area contributed by atoms with Crippen molar-refractivity contribution >= 4 is 27.8 Å². The van der Waals surface area contributed by atoms with Gasteiger partial charge in [0, 0.05) is 64.4 Å². The van der Waals surface area contributed by atoms with Gasteiger partial charge in [0.15, 0.2) is 5.82 Å². The molecule has 3 unspecified atom stereocenters. The van der Waals surface area contributed by atoms with Crippen molar-refractivity contribution in [1.82, 2.24) is 38.8 Å². The van der Waals surface area contributed by atoms with Gasteiger partial charge in [0.2, 0.25) is 0 Å². The van der Waals surface area contributed by atoms with Gasteiger partial charge in [-0.25, -0.2) is 9.07 Å². The molecule has 0 spiro atoms. The SMILES string of the molecule is Nc1nn2c(c1C(=O)NC1CNCCC1N1CCN(S(=O)(=O)N3CCN4CCC3CC4)CC1)NCC(F)C2. The summed E-state index contributed by atoms with van der Waals surface area (Å²) in [5.41, 5.74) is 6.30. The van der Waals surface area contributed by atoms with Crippen molar-refractivity contribution in [1.29, 1.82) is 0 Å². The molecule has 5 saturated heterocycles. The Morgan fingerprint density at radius 3 is 2.55 bits per heavy atom. The Labute approximate surface area is 223 Å². The van der Waals surface area contributed by atoms with Crippen LogP contribution in [-0.4, -0.2) is 139 Å². The van der Waals surface area contributed by atoms with E-state index in [1.807, 2.05) is 0 Å². The molecule has 1 aromatic heterocycles. The summed E-state index contributed by atoms with van der Waals surface area (Å²) in [6, 6.07) is -0.00233. The zero-order valence-electron chi connectivity index (χ0n) is 21.7. The van der Waals surface area contributed by atoms with Crippen LogP contribution in [0.1, 0.15) is 29.6 Å². The number of rotatable bonds is 5. The monoisotopic (exact) mass is 554 g/mol. The lowest BCUT2D eigenvalue weighted by atomic mass is 9.97. The summed E-state index contributed by atoms with van der Waals surface area (Å²) < 4.78 is 45.7. The minimum atomic E-state index is -3.50. The van der Waals surface area contributed by atoms with E-state index in [0.717, 1.165) is 45.4 Å². The van der Waals surface area contributed by atoms with Gasteiger partial charge in [-0.3, -0.25) is 9.69 Å². The van der Waals surface area contributed by atoms with Gasteiger partial charge in [-0.05, 0) is 38.9 Å². The molecule has 0 aliphatic carbocycles. The molecule has 2 bridgehead atoms. The topological polar surface area (TPSA) is 144 Å². The Kier molecular flexibility index (Phi) is 7.24. The quantitative estimate of drug-likeness (QED) is 0.336. The maximum atomic E-state index is 13.8. The van der Waals surface area contributed by atoms with Crippen molar-refractivity contribution < 1.29 is 17.6 Å². The lowest BCUT2D eigenvalue weighted by Crippen LogP contribution is -2.63. The van der Waals surface area contributed by atoms with Crippen molar-refractivity contribution in [3.63, 3.8) is 0 Å². The third-order valence-electron chi connectivity index (χ3n) is 8.80. The van der Waals surface area contributed by atoms with Crippen molar-refractivity contribution in [2.75, 3.05) is 83.0 Å². The van der Waals surface area contributed by atoms with E-state index in [1.54, 1.807) is 8.61 Å². The van der Waals surface area contributed by atoms with Crippen molar-refractivity contribution in [2.24, 2.45) is 0 Å². The number of nitrogen functional groups attached to an aromatic ring is 1. The molecule has 3 atom stereocenters. The fourth-order valence-electron chi connectivity index (χ4n) is 6.72. The van der Waals surface area contributed by atoms with E-state index >= 15 is 0 Å². The number of alkyl halides is 1. The third kappa shape index (κ3) is 4.88. The second-order valence-corrected chi connectivity index (χ2v) is 12.9. The third-order valence-corrected chi connectivity index (χ3v) is 10.9. The van der Waals surface area contributed by atoms with Crippen LogP contribution in [0.25, 0.3) is 0 Å². The van der Waals surface area contributed by atoms with Crippen LogP contribution in [0.3, 0.4) is 0 Å². The van der Waals surface area contributed by atoms with Gasteiger partial charge in [0.1, 0.15) is 17.6 Å². The first kappa shape index (κ1) is 26.2. The number of hydrogen-bond donors (Lipinski definition) is 4. The fourth-order valence-corrected chi connectivity index (χ4v) is 8.54. The number of halogens is 1. The Hall–Kier alpha value is -2.04. The van der Waals surface area contributed by atoms with E-state index in [1.165, 1.54) is 4.68 Å². The Bertz CT molecular complexity index is 1130. The largest absolute Gasteiger partial charge is 0.381 e. The number of piperazine rings is 1. The highest BCUT2D eigenvalue weighted by Crippen LogP contribution is 2.28. The highest BCUT2D eigenvalue weighted by molar-refractivity contribution is 7.86. The number of piperidine rings is 2. The molecule has 212 valence electrons. The number of fused-ring (bicyclic) bond motifs is 5. The molecule has 38 heavy (non-hydrogen) atoms. The highest BCUT2D eigenvalue weighted by Gasteiger charge is 2.42. The van der Waals surface area contributed by atoms with Crippen LogP contribution in [0, 0.1) is 0 Å². The van der Waals surface area contributed by atoms with Crippen molar-refractivity contribution in [2.45, 2.75) is 50.1 Å². The summed E-state index contributed by atoms with van der Waals surface area (Å²) in [4.78, 5) is 18.0. The number of hydrogen-bond acceptors (Lipinski definition) is 9. The first-order valence-electron chi connectivity index (χ1n) is 13.8. The Morgan fingerprint density at radius 1 is 1.03 bits per heavy atom. The summed E-state index contributed by atoms with van der Waals surface area (Å²) in [5.74, 6) is 0.198. The average molecular weight is 555 g/mol. The highest BCUT2D eigenvalue weighted by atomic mass is 32.2. The number of carbonyl (C=O) groups excluding carboxylic acids is 1. The molecular weight excluding hydrogens is 515 g/mol. The first-order chi connectivity index (χ1) is 18.3. The number of amides is 1. The van der Waals surface area contributed by atoms with E-state index in [-0.39, 0.29) is 48.5 Å². The predicted molar refractivity (Wildman–Crippen MR) is 141 cm³/mol. The number of nitrogens with one attached hydrogen (secondary N) is 3. The van der Waals surface area contributed by atoms with Gasteiger partial charge >= 0.3 is 0 Å². The standard InChI is InChI=1S/C23H39FN10O3S/c24-16-13-27-22-20(21(25)29-33(22)15-16)23(35)28-18-14-26-4-1-19(18)31-8-10-32(11-9-31)38(36,37)34-12-7-30-5-2-17(34)3-6-30/h16-19,26-27H,1-15H2,(H2,25,29)(H,28,35). The van der Waals surface area contributed by atoms with E-state index in [0.29, 0.717) is 45.1 Å². The van der Waals surface area contributed by atoms with E-state index in [4.69, 9.17) is 5.73 Å². The van der Waals surface area contributed by atoms with Gasteiger partial charge in [0.05, 0.1) is 12.6 Å². The van der Waals surface area contributed by atoms with E-state index < -0.39 is 16.4 Å². The summed E-state index contributed by atoms with van der Waals surface area (Å²) in [5, 5.41) is 13.6. The molecule has 1 amide bonds. The molecule has 5 fully saturated rings. The number of nitrogens with zero attached hydrogens (tertiary/aromatic N) is 6. The zero-order valence-corrected chi connectivity index (χ0v) is 22.5. The molecule has 7 heterocycles. The van der Waals surface area contributed by atoms with E-state index in [9.17, 15) is 17.6 Å². The predicted octanol–water partition coefficient (Wildman–Crippen LogP) is -1.67. The van der Waals surface area contributed by atoms with Crippen LogP contribution in [-0.2, 0) is 16.8 Å². The molecule has 0 aromatic carbocycles. The van der Waals surface area contributed by atoms with Gasteiger partial charge < -0.3 is 26.6 Å². The summed E-state index contributed by atoms with van der Waals surface area (Å²) in [6.45, 7) is 7.06. The number of aromatic nitrogens is 2. The molecule has 6 aliphatic rings. The van der Waals surface area contributed by atoms with Crippen molar-refractivity contribution in [3.05, 3.63) is 5.56 Å². The Balaban J connectivity index is 1.10. The number of nitrogens with two attached hydrogens (primary N) is 1. The summed E-state index contributed by atoms with van der Waals surface area (Å²) >= 11 is 0. The smallest absolute Gasteiger partial charge is 0.282 e. The van der Waals surface area contributed by atoms with Crippen LogP contribution in [0.2, 0.25) is 0 Å². The number of anilines is 2. The molecule has 13 nitrogen and oxygen atoms in total. The normalized spacial score (nSPS) is 33.3. The average Bonchev–Trinajstić information content (AvgIpc) is 3.05. The minimum Gasteiger partial charge on any atom is -0.381 e. The first-order valence-corrected chi connectivity index (χ1v) is 15.2. The van der Waals surface area contributed by atoms with Gasteiger partial charge in [-0.15, -0.1) is 0 Å². The maximum absolute atomic E-state index is 13.8. The van der Waals surface area contributed by atoms with Crippen LogP contribution in [0.15, 0.2) is 0 Å². The fraction of sp³-hybridized carbons (Fsp3) is 0.826. The van der Waals surface area contributed by atoms with Crippen LogP contribution in [0.5, 0.6) is 0 Å². The molecule has 1 aromatic rings. The Morgan fingerprint density at radius 2 is 1.79 bits per heavy atom. The molecule has 0 saturated carbocycles. The maximum Gasteiger partial charge on any atom is 0.282 e. The molecule has 6 aliphatic heterocycles. The van der Waals surface area contributed by atoms with Crippen LogP contribution < -0.4 is 21.7 Å². The molecule has 15 heteroatoms. The van der Waals surface area contributed by atoms with E-state index in [2.05, 4.69) is 30.8 Å². The van der Waals surface area contributed by atoms with Crippen LogP contribution >= 0.6 is 0 Å². The lowest BCUT2D eigenvalue weighted by molar-refractivity contribution is 0.0750. The van der Waals surface area contributed by atoms with Gasteiger partial charge in [-0.1, -0.05) is 0 Å². The lowest BCUT2D eigenvalue weighted by Gasteiger charge is -2.45. The van der Waals surface area contributed by atoms with Crippen molar-refractivity contribution in [3.8, 4) is 0 Å². The van der Waals surface area contributed by atoms with Crippen LogP contribution in [0.4, 0.5) is 16.0 Å². The van der Waals surface area contributed by atoms with Gasteiger partial charge in [-0.2, -0.15) is 22.1 Å². The number of carbonyl (C=O) groups is 1. The second-order valence-electron chi connectivity index (χ2n) is 11.0. The molecule has 5 N–H and O–H groups in total. The summed E-state index contributed by atoms with van der Waals surface area (Å²) in [7, 11) is -3.50. The minimum absolute atomic E-state index is 0.0665. The molecular formula is C23H39FN10O3S. The molecule has 7 rings (SSSR count). The second kappa shape index (κ2) is 10.5.